The zero-order valence-corrected chi connectivity index (χ0v) is 31.0. The van der Waals surface area contributed by atoms with Gasteiger partial charge in [0, 0.05) is 32.8 Å². The summed E-state index contributed by atoms with van der Waals surface area (Å²) in [7, 11) is 0. The lowest BCUT2D eigenvalue weighted by atomic mass is 9.83. The van der Waals surface area contributed by atoms with Gasteiger partial charge in [0.25, 0.3) is 0 Å². The van der Waals surface area contributed by atoms with E-state index >= 15 is 0 Å². The smallest absolute Gasteiger partial charge is 0.143 e. The van der Waals surface area contributed by atoms with Crippen LogP contribution in [0.1, 0.15) is 16.7 Å². The molecule has 11 aromatic rings. The van der Waals surface area contributed by atoms with Crippen molar-refractivity contribution in [3.63, 3.8) is 0 Å². The summed E-state index contributed by atoms with van der Waals surface area (Å²) in [5.41, 5.74) is 16.7. The molecule has 0 fully saturated rings. The summed E-state index contributed by atoms with van der Waals surface area (Å²) in [6.45, 7) is 6.69. The Morgan fingerprint density at radius 3 is 1.62 bits per heavy atom. The summed E-state index contributed by atoms with van der Waals surface area (Å²) in [5.74, 6) is 0. The Hall–Kier alpha value is -6.90. The first-order valence-corrected chi connectivity index (χ1v) is 19.1. The van der Waals surface area contributed by atoms with E-state index in [2.05, 4.69) is 183 Å². The summed E-state index contributed by atoms with van der Waals surface area (Å²) < 4.78 is 8.86. The van der Waals surface area contributed by atoms with Gasteiger partial charge in [0.2, 0.25) is 0 Å². The third-order valence-electron chi connectivity index (χ3n) is 11.7. The predicted molar refractivity (Wildman–Crippen MR) is 234 cm³/mol. The molecule has 11 rings (SSSR count). The Labute approximate surface area is 319 Å². The lowest BCUT2D eigenvalue weighted by molar-refractivity contribution is 0.670. The van der Waals surface area contributed by atoms with Crippen molar-refractivity contribution >= 4 is 65.3 Å². The molecule has 0 N–H and O–H groups in total. The van der Waals surface area contributed by atoms with Crippen molar-refractivity contribution in [1.82, 2.24) is 4.57 Å². The number of benzene rings is 9. The average molecular weight is 704 g/mol. The highest BCUT2D eigenvalue weighted by Crippen LogP contribution is 2.46. The van der Waals surface area contributed by atoms with Crippen LogP contribution in [0.4, 0.5) is 0 Å². The van der Waals surface area contributed by atoms with Crippen molar-refractivity contribution in [2.45, 2.75) is 20.8 Å². The first-order valence-electron chi connectivity index (χ1n) is 19.1. The lowest BCUT2D eigenvalue weighted by Crippen LogP contribution is -1.96. The van der Waals surface area contributed by atoms with Crippen LogP contribution in [0.15, 0.2) is 174 Å². The number of furan rings is 1. The van der Waals surface area contributed by atoms with E-state index in [1.54, 1.807) is 0 Å². The Morgan fingerprint density at radius 2 is 0.927 bits per heavy atom. The molecule has 0 aliphatic heterocycles. The van der Waals surface area contributed by atoms with Gasteiger partial charge in [-0.2, -0.15) is 0 Å². The van der Waals surface area contributed by atoms with Crippen LogP contribution in [0.3, 0.4) is 0 Å². The van der Waals surface area contributed by atoms with Crippen LogP contribution >= 0.6 is 0 Å². The summed E-state index contributed by atoms with van der Waals surface area (Å²) in [4.78, 5) is 0. The molecule has 0 saturated carbocycles. The Kier molecular flexibility index (Phi) is 6.93. The quantitative estimate of drug-likeness (QED) is 0.167. The van der Waals surface area contributed by atoms with E-state index in [0.29, 0.717) is 0 Å². The first kappa shape index (κ1) is 31.6. The third kappa shape index (κ3) is 4.74. The number of aryl methyl sites for hydroxylation is 3. The van der Waals surface area contributed by atoms with Crippen LogP contribution in [0.25, 0.3) is 104 Å². The number of fused-ring (bicyclic) bond motifs is 8. The first-order chi connectivity index (χ1) is 27.0. The fraction of sp³-hybridized carbons (Fsp3) is 0.0566. The molecule has 0 atom stereocenters. The topological polar surface area (TPSA) is 18.1 Å². The van der Waals surface area contributed by atoms with Crippen molar-refractivity contribution in [3.05, 3.63) is 187 Å². The van der Waals surface area contributed by atoms with Crippen molar-refractivity contribution in [2.75, 3.05) is 0 Å². The van der Waals surface area contributed by atoms with E-state index in [9.17, 15) is 0 Å². The molecular weight excluding hydrogens is 667 g/mol. The maximum Gasteiger partial charge on any atom is 0.143 e. The number of nitrogens with zero attached hydrogens (tertiary/aromatic N) is 1. The van der Waals surface area contributed by atoms with Gasteiger partial charge in [-0.3, -0.25) is 0 Å². The molecule has 0 bridgehead atoms. The van der Waals surface area contributed by atoms with Crippen LogP contribution in [0.5, 0.6) is 0 Å². The highest BCUT2D eigenvalue weighted by molar-refractivity contribution is 6.22. The monoisotopic (exact) mass is 703 g/mol. The second-order valence-electron chi connectivity index (χ2n) is 15.0. The average Bonchev–Trinajstić information content (AvgIpc) is 3.76. The van der Waals surface area contributed by atoms with E-state index in [1.807, 2.05) is 12.1 Å². The van der Waals surface area contributed by atoms with Gasteiger partial charge < -0.3 is 8.98 Å². The fourth-order valence-electron chi connectivity index (χ4n) is 9.45. The lowest BCUT2D eigenvalue weighted by Gasteiger charge is -2.20. The Bertz CT molecular complexity index is 3260. The van der Waals surface area contributed by atoms with Crippen LogP contribution in [0, 0.1) is 20.8 Å². The third-order valence-corrected chi connectivity index (χ3v) is 11.7. The molecule has 0 aliphatic rings. The van der Waals surface area contributed by atoms with Crippen molar-refractivity contribution in [2.24, 2.45) is 0 Å². The summed E-state index contributed by atoms with van der Waals surface area (Å²) in [6, 6.07) is 62.1. The minimum absolute atomic E-state index is 0.916. The molecule has 2 nitrogen and oxygen atoms in total. The molecule has 2 heterocycles. The van der Waals surface area contributed by atoms with E-state index in [4.69, 9.17) is 4.42 Å². The largest absolute Gasteiger partial charge is 0.455 e. The van der Waals surface area contributed by atoms with E-state index < -0.39 is 0 Å². The van der Waals surface area contributed by atoms with Gasteiger partial charge in [-0.25, -0.2) is 0 Å². The highest BCUT2D eigenvalue weighted by Gasteiger charge is 2.20. The summed E-state index contributed by atoms with van der Waals surface area (Å²) in [5, 5.41) is 9.85. The van der Waals surface area contributed by atoms with E-state index in [1.165, 1.54) is 82.3 Å². The van der Waals surface area contributed by atoms with Crippen LogP contribution < -0.4 is 0 Å². The minimum Gasteiger partial charge on any atom is -0.455 e. The number of para-hydroxylation sites is 3. The van der Waals surface area contributed by atoms with Crippen LogP contribution in [-0.4, -0.2) is 4.57 Å². The number of rotatable bonds is 4. The number of hydrogen-bond acceptors (Lipinski definition) is 1. The van der Waals surface area contributed by atoms with Gasteiger partial charge >= 0.3 is 0 Å². The van der Waals surface area contributed by atoms with Crippen molar-refractivity contribution in [3.8, 4) is 39.1 Å². The fourth-order valence-corrected chi connectivity index (χ4v) is 9.45. The molecule has 2 aromatic heterocycles. The van der Waals surface area contributed by atoms with Gasteiger partial charge in [-0.15, -0.1) is 0 Å². The van der Waals surface area contributed by atoms with Gasteiger partial charge in [0.05, 0.1) is 11.0 Å². The zero-order chi connectivity index (χ0) is 36.8. The maximum atomic E-state index is 6.45. The van der Waals surface area contributed by atoms with Crippen LogP contribution in [0.2, 0.25) is 0 Å². The molecule has 260 valence electrons. The van der Waals surface area contributed by atoms with Crippen LogP contribution in [-0.2, 0) is 0 Å². The van der Waals surface area contributed by atoms with Gasteiger partial charge in [-0.05, 0) is 118 Å². The van der Waals surface area contributed by atoms with E-state index in [-0.39, 0.29) is 0 Å². The SMILES string of the molecule is Cc1cc(C)c(-c2c3ccccc3c(-c3ccc(-n4c5ccccc5c5cc(-c6cccc7c6oc6ccccc67)ccc54)cc3)c3ccccc23)c(C)c1. The van der Waals surface area contributed by atoms with Gasteiger partial charge in [-0.1, -0.05) is 139 Å². The molecular formula is C53H37NO. The number of aromatic nitrogens is 1. The predicted octanol–water partition coefficient (Wildman–Crippen LogP) is 14.9. The molecule has 0 radical (unpaired) electrons. The Balaban J connectivity index is 1.08. The molecule has 9 aromatic carbocycles. The Morgan fingerprint density at radius 1 is 0.382 bits per heavy atom. The molecule has 0 amide bonds. The zero-order valence-electron chi connectivity index (χ0n) is 31.0. The maximum absolute atomic E-state index is 6.45. The highest BCUT2D eigenvalue weighted by atomic mass is 16.3. The van der Waals surface area contributed by atoms with Gasteiger partial charge in [0.1, 0.15) is 11.2 Å². The summed E-state index contributed by atoms with van der Waals surface area (Å²) >= 11 is 0. The van der Waals surface area contributed by atoms with Gasteiger partial charge in [0.15, 0.2) is 0 Å². The molecule has 0 unspecified atom stereocenters. The minimum atomic E-state index is 0.916. The van der Waals surface area contributed by atoms with E-state index in [0.717, 1.165) is 38.8 Å². The molecule has 0 aliphatic carbocycles. The number of hydrogen-bond donors (Lipinski definition) is 0. The standard InChI is InChI=1S/C53H37NO/c1-32-29-33(2)50(34(3)30-32)52-43-17-6-4-15-41(43)51(42-16-5-7-18-44(42)52)35-23-26-37(27-24-35)54-47-21-10-8-13-39(47)46-31-36(25-28-48(46)54)38-19-12-20-45-40-14-9-11-22-49(40)55-53(38)45/h4-31H,1-3H3. The normalized spacial score (nSPS) is 11.9. The van der Waals surface area contributed by atoms with Crippen molar-refractivity contribution < 1.29 is 4.42 Å². The second kappa shape index (κ2) is 12.1. The molecule has 2 heteroatoms. The van der Waals surface area contributed by atoms with Crippen molar-refractivity contribution in [1.29, 1.82) is 0 Å². The molecule has 0 spiro atoms. The second-order valence-corrected chi connectivity index (χ2v) is 15.0. The molecule has 55 heavy (non-hydrogen) atoms. The molecule has 0 saturated heterocycles. The summed E-state index contributed by atoms with van der Waals surface area (Å²) in [6.07, 6.45) is 0.